The molecule has 6 nitrogen and oxygen atoms in total. The van der Waals surface area contributed by atoms with E-state index in [-0.39, 0.29) is 18.2 Å². The van der Waals surface area contributed by atoms with E-state index >= 15 is 0 Å². The normalized spacial score (nSPS) is 17.0. The molecule has 6 heteroatoms. The van der Waals surface area contributed by atoms with Crippen molar-refractivity contribution in [3.63, 3.8) is 0 Å². The van der Waals surface area contributed by atoms with Crippen molar-refractivity contribution in [1.82, 2.24) is 10.2 Å². The maximum Gasteiger partial charge on any atom is 0.317 e. The summed E-state index contributed by atoms with van der Waals surface area (Å²) in [5.41, 5.74) is 0. The van der Waals surface area contributed by atoms with Gasteiger partial charge in [0.1, 0.15) is 12.4 Å². The van der Waals surface area contributed by atoms with Gasteiger partial charge in [-0.1, -0.05) is 12.1 Å². The van der Waals surface area contributed by atoms with Gasteiger partial charge in [0.15, 0.2) is 17.6 Å². The molecule has 2 heterocycles. The molecule has 0 bridgehead atoms. The van der Waals surface area contributed by atoms with Crippen molar-refractivity contribution in [1.29, 1.82) is 0 Å². The second-order valence-corrected chi connectivity index (χ2v) is 6.17. The predicted octanol–water partition coefficient (Wildman–Crippen LogP) is 3.08. The van der Waals surface area contributed by atoms with Crippen molar-refractivity contribution in [3.8, 4) is 11.5 Å². The molecular weight excluding hydrogens is 320 g/mol. The molecule has 25 heavy (non-hydrogen) atoms. The summed E-state index contributed by atoms with van der Waals surface area (Å²) in [4.78, 5) is 14.3. The minimum absolute atomic E-state index is 0.0167. The number of benzene rings is 1. The minimum atomic E-state index is -0.180. The lowest BCUT2D eigenvalue weighted by Gasteiger charge is -2.31. The number of carbonyl (C=O) groups excluding carboxylic acids is 1. The molecule has 3 rings (SSSR count). The van der Waals surface area contributed by atoms with Crippen molar-refractivity contribution in [2.45, 2.75) is 32.4 Å². The molecule has 0 saturated carbocycles. The van der Waals surface area contributed by atoms with E-state index in [0.29, 0.717) is 26.1 Å². The number of rotatable bonds is 6. The predicted molar refractivity (Wildman–Crippen MR) is 94.0 cm³/mol. The number of nitrogens with zero attached hydrogens (tertiary/aromatic N) is 1. The topological polar surface area (TPSA) is 63.9 Å². The van der Waals surface area contributed by atoms with Crippen LogP contribution in [0.2, 0.25) is 0 Å². The number of para-hydroxylation sites is 2. The van der Waals surface area contributed by atoms with E-state index in [0.717, 1.165) is 17.3 Å². The van der Waals surface area contributed by atoms with E-state index in [4.69, 9.17) is 13.9 Å². The van der Waals surface area contributed by atoms with Gasteiger partial charge in [-0.05, 0) is 38.1 Å². The van der Waals surface area contributed by atoms with Crippen LogP contribution in [0.1, 0.15) is 19.6 Å². The van der Waals surface area contributed by atoms with Crippen molar-refractivity contribution < 1.29 is 18.7 Å². The molecule has 2 aromatic rings. The summed E-state index contributed by atoms with van der Waals surface area (Å²) in [6.07, 6.45) is 2.12. The van der Waals surface area contributed by atoms with Crippen LogP contribution in [0.15, 0.2) is 47.1 Å². The molecule has 1 aliphatic rings. The Labute approximate surface area is 147 Å². The van der Waals surface area contributed by atoms with Crippen LogP contribution in [0.5, 0.6) is 11.5 Å². The van der Waals surface area contributed by atoms with Crippen LogP contribution in [-0.2, 0) is 6.42 Å². The van der Waals surface area contributed by atoms with Crippen LogP contribution >= 0.6 is 0 Å². The van der Waals surface area contributed by atoms with Gasteiger partial charge in [0.2, 0.25) is 0 Å². The lowest BCUT2D eigenvalue weighted by atomic mass is 10.2. The molecule has 0 aliphatic carbocycles. The number of furan rings is 1. The highest BCUT2D eigenvalue weighted by Crippen LogP contribution is 2.31. The highest BCUT2D eigenvalue weighted by molar-refractivity contribution is 5.74. The van der Waals surface area contributed by atoms with Gasteiger partial charge in [0.25, 0.3) is 0 Å². The summed E-state index contributed by atoms with van der Waals surface area (Å²) in [5, 5.41) is 3.01. The third-order valence-corrected chi connectivity index (χ3v) is 4.12. The number of ether oxygens (including phenoxy) is 2. The van der Waals surface area contributed by atoms with E-state index < -0.39 is 0 Å². The smallest absolute Gasteiger partial charge is 0.317 e. The van der Waals surface area contributed by atoms with Crippen LogP contribution in [0.25, 0.3) is 0 Å². The first-order chi connectivity index (χ1) is 12.2. The van der Waals surface area contributed by atoms with E-state index in [1.54, 1.807) is 11.2 Å². The Bertz CT molecular complexity index is 686. The van der Waals surface area contributed by atoms with E-state index in [1.807, 2.05) is 50.2 Å². The second-order valence-electron chi connectivity index (χ2n) is 6.17. The van der Waals surface area contributed by atoms with Gasteiger partial charge in [0, 0.05) is 19.0 Å². The van der Waals surface area contributed by atoms with Crippen molar-refractivity contribution in [3.05, 3.63) is 48.4 Å². The second kappa shape index (κ2) is 7.96. The van der Waals surface area contributed by atoms with Crippen LogP contribution in [0.4, 0.5) is 4.79 Å². The van der Waals surface area contributed by atoms with Gasteiger partial charge in [-0.3, -0.25) is 0 Å². The summed E-state index contributed by atoms with van der Waals surface area (Å²) in [6.45, 7) is 5.42. The summed E-state index contributed by atoms with van der Waals surface area (Å²) >= 11 is 0. The highest BCUT2D eigenvalue weighted by Gasteiger charge is 2.25. The van der Waals surface area contributed by atoms with Crippen LogP contribution < -0.4 is 14.8 Å². The van der Waals surface area contributed by atoms with Gasteiger partial charge in [-0.15, -0.1) is 0 Å². The molecule has 134 valence electrons. The quantitative estimate of drug-likeness (QED) is 0.875. The van der Waals surface area contributed by atoms with Crippen LogP contribution in [0, 0.1) is 0 Å². The molecular formula is C19H24N2O4. The largest absolute Gasteiger partial charge is 0.486 e. The maximum absolute atomic E-state index is 12.5. The first kappa shape index (κ1) is 17.2. The van der Waals surface area contributed by atoms with Gasteiger partial charge in [0.05, 0.1) is 12.8 Å². The van der Waals surface area contributed by atoms with Gasteiger partial charge < -0.3 is 24.1 Å². The van der Waals surface area contributed by atoms with Gasteiger partial charge in [-0.25, -0.2) is 4.79 Å². The van der Waals surface area contributed by atoms with E-state index in [2.05, 4.69) is 5.32 Å². The lowest BCUT2D eigenvalue weighted by Crippen LogP contribution is -2.49. The first-order valence-electron chi connectivity index (χ1n) is 8.62. The highest BCUT2D eigenvalue weighted by atomic mass is 16.6. The first-order valence-corrected chi connectivity index (χ1v) is 8.62. The number of fused-ring (bicyclic) bond motifs is 1. The summed E-state index contributed by atoms with van der Waals surface area (Å²) < 4.78 is 17.0. The van der Waals surface area contributed by atoms with E-state index in [1.165, 1.54) is 0 Å². The Balaban J connectivity index is 1.52. The van der Waals surface area contributed by atoms with Crippen molar-refractivity contribution >= 4 is 6.03 Å². The molecule has 2 unspecified atom stereocenters. The third-order valence-electron chi connectivity index (χ3n) is 4.12. The number of hydrogen-bond acceptors (Lipinski definition) is 4. The van der Waals surface area contributed by atoms with Gasteiger partial charge in [-0.2, -0.15) is 0 Å². The number of hydrogen-bond donors (Lipinski definition) is 1. The third kappa shape index (κ3) is 4.47. The standard InChI is InChI=1S/C19H24N2O4/c1-3-21(19(22)20-14(2)11-15-7-6-10-23-15)12-16-13-24-17-8-4-5-9-18(17)25-16/h4-10,14,16H,3,11-13H2,1-2H3,(H,20,22). The summed E-state index contributed by atoms with van der Waals surface area (Å²) in [6, 6.07) is 11.2. The molecule has 0 saturated heterocycles. The SMILES string of the molecule is CCN(CC1COc2ccccc2O1)C(=O)NC(C)Cc1ccco1. The summed E-state index contributed by atoms with van der Waals surface area (Å²) in [5.74, 6) is 2.33. The fraction of sp³-hybridized carbons (Fsp3) is 0.421. The zero-order valence-corrected chi connectivity index (χ0v) is 14.6. The Morgan fingerprint density at radius 3 is 2.80 bits per heavy atom. The molecule has 1 aromatic heterocycles. The van der Waals surface area contributed by atoms with Crippen LogP contribution in [-0.4, -0.2) is 42.8 Å². The van der Waals surface area contributed by atoms with Crippen molar-refractivity contribution in [2.24, 2.45) is 0 Å². The molecule has 1 N–H and O–H groups in total. The fourth-order valence-electron chi connectivity index (χ4n) is 2.84. The Hall–Kier alpha value is -2.63. The van der Waals surface area contributed by atoms with Crippen LogP contribution in [0.3, 0.4) is 0 Å². The molecule has 1 aliphatic heterocycles. The number of urea groups is 1. The fourth-order valence-corrected chi connectivity index (χ4v) is 2.84. The average molecular weight is 344 g/mol. The number of carbonyl (C=O) groups is 1. The van der Waals surface area contributed by atoms with Crippen molar-refractivity contribution in [2.75, 3.05) is 19.7 Å². The molecule has 0 fully saturated rings. The maximum atomic E-state index is 12.5. The zero-order chi connectivity index (χ0) is 17.6. The van der Waals surface area contributed by atoms with E-state index in [9.17, 15) is 4.79 Å². The monoisotopic (exact) mass is 344 g/mol. The summed E-state index contributed by atoms with van der Waals surface area (Å²) in [7, 11) is 0. The number of amides is 2. The Kier molecular flexibility index (Phi) is 5.48. The lowest BCUT2D eigenvalue weighted by molar-refractivity contribution is 0.0672. The zero-order valence-electron chi connectivity index (χ0n) is 14.6. The molecule has 0 spiro atoms. The Morgan fingerprint density at radius 2 is 2.08 bits per heavy atom. The minimum Gasteiger partial charge on any atom is -0.486 e. The molecule has 2 atom stereocenters. The Morgan fingerprint density at radius 1 is 1.28 bits per heavy atom. The molecule has 0 radical (unpaired) electrons. The number of likely N-dealkylation sites (N-methyl/N-ethyl adjacent to an activating group) is 1. The average Bonchev–Trinajstić information content (AvgIpc) is 3.12. The van der Waals surface area contributed by atoms with Gasteiger partial charge >= 0.3 is 6.03 Å². The number of nitrogens with one attached hydrogen (secondary N) is 1. The molecule has 2 amide bonds. The molecule has 1 aromatic carbocycles.